The minimum atomic E-state index is -0.662. The van der Waals surface area contributed by atoms with Gasteiger partial charge in [0.05, 0.1) is 10.6 Å². The number of amides is 1. The molecule has 0 aliphatic carbocycles. The lowest BCUT2D eigenvalue weighted by Gasteiger charge is -2.09. The van der Waals surface area contributed by atoms with E-state index in [2.05, 4.69) is 5.32 Å². The maximum absolute atomic E-state index is 12.1. The topological polar surface area (TPSA) is 98.3 Å². The van der Waals surface area contributed by atoms with Gasteiger partial charge in [0.1, 0.15) is 5.69 Å². The van der Waals surface area contributed by atoms with Crippen molar-refractivity contribution in [1.82, 2.24) is 0 Å². The molecule has 1 amide bonds. The lowest BCUT2D eigenvalue weighted by molar-refractivity contribution is -0.383. The van der Waals surface area contributed by atoms with E-state index in [4.69, 9.17) is 40.5 Å². The largest absolute Gasteiger partial charge is 0.391 e. The number of hydrogen-bond acceptors (Lipinski definition) is 4. The van der Waals surface area contributed by atoms with E-state index >= 15 is 0 Å². The molecule has 0 radical (unpaired) electrons. The molecule has 9 heteroatoms. The fourth-order valence-electron chi connectivity index (χ4n) is 2.08. The molecule has 3 N–H and O–H groups in total. The number of carbonyl (C=O) groups excluding carboxylic acids is 1. The van der Waals surface area contributed by atoms with Crippen LogP contribution in [-0.2, 0) is 11.2 Å². The molecule has 24 heavy (non-hydrogen) atoms. The summed E-state index contributed by atoms with van der Waals surface area (Å²) in [5, 5.41) is 14.5. The second-order valence-electron chi connectivity index (χ2n) is 4.97. The van der Waals surface area contributed by atoms with E-state index in [0.717, 1.165) is 11.6 Å². The Labute approximate surface area is 152 Å². The summed E-state index contributed by atoms with van der Waals surface area (Å²) in [4.78, 5) is 22.3. The number of nitrogens with two attached hydrogens (primary N) is 1. The first-order valence-corrected chi connectivity index (χ1v) is 7.88. The van der Waals surface area contributed by atoms with Gasteiger partial charge in [0.2, 0.25) is 5.91 Å². The van der Waals surface area contributed by atoms with E-state index < -0.39 is 4.92 Å². The summed E-state index contributed by atoms with van der Waals surface area (Å²) in [6.07, 6.45) is 0.519. The Morgan fingerprint density at radius 1 is 1.08 bits per heavy atom. The van der Waals surface area contributed by atoms with Crippen molar-refractivity contribution in [3.63, 3.8) is 0 Å². The van der Waals surface area contributed by atoms with Crippen LogP contribution in [0.4, 0.5) is 17.1 Å². The maximum Gasteiger partial charge on any atom is 0.295 e. The van der Waals surface area contributed by atoms with Crippen molar-refractivity contribution in [2.45, 2.75) is 12.8 Å². The van der Waals surface area contributed by atoms with E-state index in [1.807, 2.05) is 0 Å². The van der Waals surface area contributed by atoms with Gasteiger partial charge in [-0.3, -0.25) is 14.9 Å². The molecule has 2 aromatic rings. The third-order valence-corrected chi connectivity index (χ3v) is 3.81. The molecule has 0 atom stereocenters. The number of nitro benzene ring substituents is 1. The zero-order valence-electron chi connectivity index (χ0n) is 12.2. The molecule has 0 heterocycles. The zero-order valence-corrected chi connectivity index (χ0v) is 14.5. The van der Waals surface area contributed by atoms with Crippen molar-refractivity contribution in [3.05, 3.63) is 61.1 Å². The Kier molecular flexibility index (Phi) is 5.88. The Hall–Kier alpha value is -2.02. The molecule has 0 saturated heterocycles. The lowest BCUT2D eigenvalue weighted by atomic mass is 10.1. The smallest absolute Gasteiger partial charge is 0.295 e. The number of nitrogens with zero attached hydrogens (tertiary/aromatic N) is 1. The van der Waals surface area contributed by atoms with Crippen molar-refractivity contribution in [1.29, 1.82) is 0 Å². The minimum absolute atomic E-state index is 0.100. The van der Waals surface area contributed by atoms with Crippen LogP contribution in [0.3, 0.4) is 0 Å². The van der Waals surface area contributed by atoms with Gasteiger partial charge in [0.15, 0.2) is 0 Å². The molecule has 2 aromatic carbocycles. The predicted octanol–water partition coefficient (Wildman–Crippen LogP) is 4.71. The normalized spacial score (nSPS) is 10.5. The molecule has 0 aliphatic rings. The predicted molar refractivity (Wildman–Crippen MR) is 95.9 cm³/mol. The molecule has 0 fully saturated rings. The summed E-state index contributed by atoms with van der Waals surface area (Å²) < 4.78 is 0. The first-order valence-electron chi connectivity index (χ1n) is 6.74. The quantitative estimate of drug-likeness (QED) is 0.440. The molecule has 0 bridgehead atoms. The van der Waals surface area contributed by atoms with Gasteiger partial charge < -0.3 is 11.1 Å². The zero-order chi connectivity index (χ0) is 17.9. The number of nitrogens with one attached hydrogen (secondary N) is 1. The van der Waals surface area contributed by atoms with Gasteiger partial charge in [0.25, 0.3) is 5.69 Å². The summed E-state index contributed by atoms with van der Waals surface area (Å²) in [6.45, 7) is 0. The number of nitro groups is 1. The van der Waals surface area contributed by atoms with E-state index in [0.29, 0.717) is 16.5 Å². The second-order valence-corrected chi connectivity index (χ2v) is 6.28. The Balaban J connectivity index is 2.08. The minimum Gasteiger partial charge on any atom is -0.391 e. The van der Waals surface area contributed by atoms with Gasteiger partial charge in [-0.1, -0.05) is 34.8 Å². The van der Waals surface area contributed by atoms with Crippen LogP contribution in [0.2, 0.25) is 15.1 Å². The van der Waals surface area contributed by atoms with E-state index in [9.17, 15) is 14.9 Å². The van der Waals surface area contributed by atoms with Crippen molar-refractivity contribution < 1.29 is 9.72 Å². The Morgan fingerprint density at radius 2 is 1.67 bits per heavy atom. The SMILES string of the molecule is Nc1c(NC(=O)CCc2cc(Cl)cc(Cl)c2)cc(Cl)cc1[N+](=O)[O-]. The number of carbonyl (C=O) groups is 1. The van der Waals surface area contributed by atoms with Gasteiger partial charge in [-0.2, -0.15) is 0 Å². The van der Waals surface area contributed by atoms with Gasteiger partial charge in [0, 0.05) is 27.6 Å². The average molecular weight is 389 g/mol. The summed E-state index contributed by atoms with van der Waals surface area (Å²) >= 11 is 17.6. The summed E-state index contributed by atoms with van der Waals surface area (Å²) in [5.41, 5.74) is 6.09. The van der Waals surface area contributed by atoms with Crippen molar-refractivity contribution >= 4 is 57.8 Å². The maximum atomic E-state index is 12.1. The number of rotatable bonds is 5. The molecule has 0 aromatic heterocycles. The van der Waals surface area contributed by atoms with Gasteiger partial charge in [-0.05, 0) is 36.2 Å². The third kappa shape index (κ3) is 4.74. The van der Waals surface area contributed by atoms with Gasteiger partial charge in [-0.15, -0.1) is 0 Å². The molecular formula is C15H12Cl3N3O3. The highest BCUT2D eigenvalue weighted by atomic mass is 35.5. The first-order chi connectivity index (χ1) is 11.3. The first kappa shape index (κ1) is 18.3. The highest BCUT2D eigenvalue weighted by molar-refractivity contribution is 6.34. The lowest BCUT2D eigenvalue weighted by Crippen LogP contribution is -2.14. The number of benzene rings is 2. The van der Waals surface area contributed by atoms with E-state index in [-0.39, 0.29) is 34.4 Å². The molecule has 6 nitrogen and oxygen atoms in total. The number of nitrogen functional groups attached to an aromatic ring is 1. The standard InChI is InChI=1S/C15H12Cl3N3O3/c16-9-3-8(4-10(17)5-9)1-2-14(22)20-12-6-11(18)7-13(15(12)19)21(23)24/h3-7H,1-2,19H2,(H,20,22). The van der Waals surface area contributed by atoms with Gasteiger partial charge in [-0.25, -0.2) is 0 Å². The highest BCUT2D eigenvalue weighted by Gasteiger charge is 2.18. The molecule has 126 valence electrons. The molecule has 0 spiro atoms. The van der Waals surface area contributed by atoms with Crippen molar-refractivity contribution in [3.8, 4) is 0 Å². The Morgan fingerprint density at radius 3 is 2.25 bits per heavy atom. The average Bonchev–Trinajstić information content (AvgIpc) is 2.47. The molecule has 0 unspecified atom stereocenters. The number of anilines is 2. The van der Waals surface area contributed by atoms with Crippen LogP contribution in [0.15, 0.2) is 30.3 Å². The fraction of sp³-hybridized carbons (Fsp3) is 0.133. The number of halogens is 3. The summed E-state index contributed by atoms with van der Waals surface area (Å²) in [5.74, 6) is -0.366. The summed E-state index contributed by atoms with van der Waals surface area (Å²) in [7, 11) is 0. The van der Waals surface area contributed by atoms with Crippen LogP contribution >= 0.6 is 34.8 Å². The molecular weight excluding hydrogens is 377 g/mol. The van der Waals surface area contributed by atoms with Crippen LogP contribution in [0.5, 0.6) is 0 Å². The third-order valence-electron chi connectivity index (χ3n) is 3.16. The summed E-state index contributed by atoms with van der Waals surface area (Å²) in [6, 6.07) is 7.50. The number of hydrogen-bond donors (Lipinski definition) is 2. The van der Waals surface area contributed by atoms with Crippen LogP contribution < -0.4 is 11.1 Å². The van der Waals surface area contributed by atoms with E-state index in [1.54, 1.807) is 18.2 Å². The van der Waals surface area contributed by atoms with Crippen molar-refractivity contribution in [2.75, 3.05) is 11.1 Å². The molecule has 0 aliphatic heterocycles. The van der Waals surface area contributed by atoms with E-state index in [1.165, 1.54) is 6.07 Å². The second kappa shape index (κ2) is 7.70. The molecule has 2 rings (SSSR count). The fourth-order valence-corrected chi connectivity index (χ4v) is 2.87. The number of aryl methyl sites for hydroxylation is 1. The van der Waals surface area contributed by atoms with Crippen LogP contribution in [0, 0.1) is 10.1 Å². The highest BCUT2D eigenvalue weighted by Crippen LogP contribution is 2.33. The molecule has 0 saturated carbocycles. The monoisotopic (exact) mass is 387 g/mol. The van der Waals surface area contributed by atoms with Crippen molar-refractivity contribution in [2.24, 2.45) is 0 Å². The van der Waals surface area contributed by atoms with Gasteiger partial charge >= 0.3 is 0 Å². The van der Waals surface area contributed by atoms with Crippen LogP contribution in [-0.4, -0.2) is 10.8 Å². The van der Waals surface area contributed by atoms with Crippen LogP contribution in [0.25, 0.3) is 0 Å². The van der Waals surface area contributed by atoms with Crippen LogP contribution in [0.1, 0.15) is 12.0 Å². The Bertz CT molecular complexity index is 792.